The van der Waals surface area contributed by atoms with Crippen LogP contribution in [-0.4, -0.2) is 40.9 Å². The Morgan fingerprint density at radius 2 is 2.03 bits per heavy atom. The molecule has 1 aromatic carbocycles. The molecular formula is C20H17FN4O3S2. The summed E-state index contributed by atoms with van der Waals surface area (Å²) in [7, 11) is 1.25. The number of amides is 1. The molecule has 7 nitrogen and oxygen atoms in total. The number of methoxy groups -OCH3 is 1. The third kappa shape index (κ3) is 3.30. The van der Waals surface area contributed by atoms with E-state index in [-0.39, 0.29) is 27.0 Å². The van der Waals surface area contributed by atoms with E-state index in [1.165, 1.54) is 31.5 Å². The van der Waals surface area contributed by atoms with Gasteiger partial charge >= 0.3 is 5.97 Å². The van der Waals surface area contributed by atoms with E-state index in [0.29, 0.717) is 5.69 Å². The summed E-state index contributed by atoms with van der Waals surface area (Å²) >= 11 is 6.61. The first kappa shape index (κ1) is 21.7. The summed E-state index contributed by atoms with van der Waals surface area (Å²) in [6.45, 7) is 3.32. The van der Waals surface area contributed by atoms with Gasteiger partial charge in [0.1, 0.15) is 17.3 Å². The Balaban J connectivity index is 2.07. The van der Waals surface area contributed by atoms with Crippen molar-refractivity contribution in [2.75, 3.05) is 23.2 Å². The summed E-state index contributed by atoms with van der Waals surface area (Å²) in [6.07, 6.45) is 3.05. The van der Waals surface area contributed by atoms with Crippen molar-refractivity contribution in [3.8, 4) is 6.07 Å². The van der Waals surface area contributed by atoms with Crippen LogP contribution in [0, 0.1) is 17.1 Å². The highest BCUT2D eigenvalue weighted by Crippen LogP contribution is 2.39. The van der Waals surface area contributed by atoms with Crippen molar-refractivity contribution >= 4 is 52.3 Å². The number of nitriles is 1. The summed E-state index contributed by atoms with van der Waals surface area (Å²) in [5.74, 6) is -1.71. The molecular weight excluding hydrogens is 427 g/mol. The average molecular weight is 445 g/mol. The van der Waals surface area contributed by atoms with E-state index in [1.807, 2.05) is 6.07 Å². The number of benzene rings is 1. The van der Waals surface area contributed by atoms with Crippen molar-refractivity contribution in [1.29, 1.82) is 5.26 Å². The topological polar surface area (TPSA) is 86.5 Å². The number of hydrogen-bond donors (Lipinski definition) is 0. The van der Waals surface area contributed by atoms with E-state index < -0.39 is 23.2 Å². The van der Waals surface area contributed by atoms with Gasteiger partial charge in [-0.05, 0) is 56.6 Å². The van der Waals surface area contributed by atoms with E-state index in [2.05, 4.69) is 9.72 Å². The predicted octanol–water partition coefficient (Wildman–Crippen LogP) is 3.52. The number of ether oxygens (including phenoxy) is 1. The van der Waals surface area contributed by atoms with Crippen LogP contribution in [0.4, 0.5) is 15.8 Å². The molecule has 1 aliphatic rings. The Hall–Kier alpha value is -3.03. The lowest BCUT2D eigenvalue weighted by molar-refractivity contribution is -0.120. The first-order valence-corrected chi connectivity index (χ1v) is 10.3. The summed E-state index contributed by atoms with van der Waals surface area (Å²) in [5.41, 5.74) is -0.406. The van der Waals surface area contributed by atoms with Gasteiger partial charge in [0.25, 0.3) is 5.91 Å². The second-order valence-electron chi connectivity index (χ2n) is 6.80. The van der Waals surface area contributed by atoms with E-state index >= 15 is 4.39 Å². The number of carbonyl (C=O) groups is 2. The van der Waals surface area contributed by atoms with Gasteiger partial charge in [-0.1, -0.05) is 0 Å². The van der Waals surface area contributed by atoms with E-state index in [4.69, 9.17) is 12.2 Å². The van der Waals surface area contributed by atoms with Gasteiger partial charge in [0, 0.05) is 0 Å². The third-order valence-electron chi connectivity index (χ3n) is 4.71. The monoisotopic (exact) mass is 444 g/mol. The Morgan fingerprint density at radius 3 is 2.57 bits per heavy atom. The molecule has 3 rings (SSSR count). The zero-order valence-corrected chi connectivity index (χ0v) is 18.2. The van der Waals surface area contributed by atoms with Crippen molar-refractivity contribution in [3.05, 3.63) is 47.5 Å². The Bertz CT molecular complexity index is 1100. The number of anilines is 2. The number of carbonyl (C=O) groups excluding carboxylic acids is 2. The molecule has 0 saturated carbocycles. The van der Waals surface area contributed by atoms with Crippen LogP contribution >= 0.6 is 24.0 Å². The Morgan fingerprint density at radius 1 is 1.33 bits per heavy atom. The second-order valence-corrected chi connectivity index (χ2v) is 7.98. The van der Waals surface area contributed by atoms with Crippen molar-refractivity contribution in [2.24, 2.45) is 0 Å². The van der Waals surface area contributed by atoms with Crippen LogP contribution in [0.1, 0.15) is 29.9 Å². The van der Waals surface area contributed by atoms with Crippen LogP contribution < -0.4 is 9.80 Å². The maximum absolute atomic E-state index is 15.2. The zero-order chi connectivity index (χ0) is 22.2. The minimum Gasteiger partial charge on any atom is -0.464 e. The van der Waals surface area contributed by atoms with Gasteiger partial charge in [0.15, 0.2) is 10.9 Å². The fraction of sp³-hybridized carbons (Fsp3) is 0.250. The van der Waals surface area contributed by atoms with Gasteiger partial charge in [0.05, 0.1) is 35.1 Å². The van der Waals surface area contributed by atoms with Gasteiger partial charge in [-0.25, -0.2) is 14.2 Å². The van der Waals surface area contributed by atoms with Crippen LogP contribution in [0.5, 0.6) is 0 Å². The molecule has 0 aliphatic carbocycles. The lowest BCUT2D eigenvalue weighted by Crippen LogP contribution is -2.44. The number of thioether (sulfide) groups is 1. The van der Waals surface area contributed by atoms with E-state index in [0.717, 1.165) is 16.7 Å². The molecule has 154 valence electrons. The van der Waals surface area contributed by atoms with Crippen LogP contribution in [0.2, 0.25) is 0 Å². The predicted molar refractivity (Wildman–Crippen MR) is 115 cm³/mol. The number of halogens is 1. The summed E-state index contributed by atoms with van der Waals surface area (Å²) in [5, 5.41) is 9.27. The number of thiocarbonyl (C=S) groups is 1. The van der Waals surface area contributed by atoms with Gasteiger partial charge in [-0.15, -0.1) is 11.8 Å². The Kier molecular flexibility index (Phi) is 5.78. The highest BCUT2D eigenvalue weighted by atomic mass is 32.2. The standard InChI is InChI=1S/C20H17FN4O3S2/c1-20(2)18(27)24(14-8-5-11(9-22)16(30-4)15(14)21)19(29)25(20)12-6-7-13(23-10-12)17(26)28-3/h5-8,10H,1-4H3. The maximum atomic E-state index is 15.2. The van der Waals surface area contributed by atoms with Gasteiger partial charge in [0.2, 0.25) is 0 Å². The fourth-order valence-electron chi connectivity index (χ4n) is 3.19. The summed E-state index contributed by atoms with van der Waals surface area (Å²) in [4.78, 5) is 31.7. The molecule has 2 aromatic rings. The number of esters is 1. The molecule has 0 radical (unpaired) electrons. The maximum Gasteiger partial charge on any atom is 0.356 e. The zero-order valence-electron chi connectivity index (χ0n) is 16.6. The molecule has 0 unspecified atom stereocenters. The summed E-state index contributed by atoms with van der Waals surface area (Å²) in [6, 6.07) is 7.83. The van der Waals surface area contributed by atoms with E-state index in [1.54, 1.807) is 31.1 Å². The third-order valence-corrected chi connectivity index (χ3v) is 5.88. The van der Waals surface area contributed by atoms with Crippen LogP contribution in [-0.2, 0) is 9.53 Å². The average Bonchev–Trinajstić information content (AvgIpc) is 2.91. The molecule has 1 aliphatic heterocycles. The minimum absolute atomic E-state index is 0.0249. The van der Waals surface area contributed by atoms with E-state index in [9.17, 15) is 14.9 Å². The first-order chi connectivity index (χ1) is 14.2. The molecule has 30 heavy (non-hydrogen) atoms. The summed E-state index contributed by atoms with van der Waals surface area (Å²) < 4.78 is 19.8. The molecule has 1 fully saturated rings. The molecule has 10 heteroatoms. The normalized spacial score (nSPS) is 15.3. The number of rotatable bonds is 4. The second kappa shape index (κ2) is 8.01. The minimum atomic E-state index is -1.13. The van der Waals surface area contributed by atoms with Crippen molar-refractivity contribution in [1.82, 2.24) is 4.98 Å². The number of hydrogen-bond acceptors (Lipinski definition) is 7. The Labute approximate surface area is 182 Å². The van der Waals surface area contributed by atoms with Gasteiger partial charge in [-0.3, -0.25) is 9.69 Å². The lowest BCUT2D eigenvalue weighted by atomic mass is 10.0. The molecule has 1 saturated heterocycles. The molecule has 0 bridgehead atoms. The van der Waals surface area contributed by atoms with Gasteiger partial charge < -0.3 is 9.64 Å². The number of aromatic nitrogens is 1. The SMILES string of the molecule is COC(=O)c1ccc(N2C(=S)N(c3ccc(C#N)c(SC)c3F)C(=O)C2(C)C)cn1. The molecule has 0 spiro atoms. The first-order valence-electron chi connectivity index (χ1n) is 8.68. The van der Waals surface area contributed by atoms with Crippen LogP contribution in [0.25, 0.3) is 0 Å². The van der Waals surface area contributed by atoms with Crippen LogP contribution in [0.3, 0.4) is 0 Å². The van der Waals surface area contributed by atoms with Crippen LogP contribution in [0.15, 0.2) is 35.4 Å². The molecule has 2 heterocycles. The lowest BCUT2D eigenvalue weighted by Gasteiger charge is -2.29. The molecule has 1 aromatic heterocycles. The van der Waals surface area contributed by atoms with Crippen molar-refractivity contribution in [3.63, 3.8) is 0 Å². The quantitative estimate of drug-likeness (QED) is 0.402. The molecule has 1 amide bonds. The van der Waals surface area contributed by atoms with Gasteiger partial charge in [-0.2, -0.15) is 5.26 Å². The highest BCUT2D eigenvalue weighted by Gasteiger charge is 2.51. The molecule has 0 N–H and O–H groups in total. The van der Waals surface area contributed by atoms with Crippen molar-refractivity contribution in [2.45, 2.75) is 24.3 Å². The molecule has 0 atom stereocenters. The largest absolute Gasteiger partial charge is 0.464 e. The fourth-order valence-corrected chi connectivity index (χ4v) is 4.32. The number of pyridine rings is 1. The van der Waals surface area contributed by atoms with Crippen molar-refractivity contribution < 1.29 is 18.7 Å². The smallest absolute Gasteiger partial charge is 0.356 e. The highest BCUT2D eigenvalue weighted by molar-refractivity contribution is 7.98. The number of nitrogens with zero attached hydrogens (tertiary/aromatic N) is 4.